The lowest BCUT2D eigenvalue weighted by Crippen LogP contribution is -2.32. The van der Waals surface area contributed by atoms with Crippen LogP contribution >= 0.6 is 23.2 Å². The van der Waals surface area contributed by atoms with Crippen LogP contribution in [0.5, 0.6) is 0 Å². The first-order valence-corrected chi connectivity index (χ1v) is 12.7. The second kappa shape index (κ2) is 12.1. The molecule has 3 amide bonds. The number of hydroxylamine groups is 2. The molecule has 1 aliphatic heterocycles. The first-order chi connectivity index (χ1) is 19.4. The molecule has 41 heavy (non-hydrogen) atoms. The van der Waals surface area contributed by atoms with Gasteiger partial charge in [-0.05, 0) is 30.7 Å². The summed E-state index contributed by atoms with van der Waals surface area (Å²) in [5, 5.41) is 2.87. The lowest BCUT2D eigenvalue weighted by atomic mass is 10.2. The number of fused-ring (bicyclic) bond motifs is 1. The van der Waals surface area contributed by atoms with Crippen molar-refractivity contribution in [2.24, 2.45) is 0 Å². The Kier molecular flexibility index (Phi) is 8.83. The Morgan fingerprint density at radius 2 is 1.61 bits per heavy atom. The summed E-state index contributed by atoms with van der Waals surface area (Å²) in [6.07, 6.45) is -4.68. The number of aromatic nitrogens is 2. The number of imidazole rings is 1. The first kappa shape index (κ1) is 29.8. The molecule has 3 heterocycles. The molecule has 11 nitrogen and oxygen atoms in total. The van der Waals surface area contributed by atoms with E-state index in [1.54, 1.807) is 0 Å². The normalized spacial score (nSPS) is 13.5. The van der Waals surface area contributed by atoms with Gasteiger partial charge >= 0.3 is 18.1 Å². The molecule has 1 aromatic carbocycles. The molecule has 1 fully saturated rings. The number of hydrogen-bond acceptors (Lipinski definition) is 8. The van der Waals surface area contributed by atoms with E-state index >= 15 is 0 Å². The van der Waals surface area contributed by atoms with Gasteiger partial charge in [-0.2, -0.15) is 13.2 Å². The van der Waals surface area contributed by atoms with Gasteiger partial charge in [-0.15, -0.1) is 5.06 Å². The fourth-order valence-corrected chi connectivity index (χ4v) is 4.45. The van der Waals surface area contributed by atoms with Crippen molar-refractivity contribution < 1.29 is 46.7 Å². The molecule has 0 atom stereocenters. The Morgan fingerprint density at radius 1 is 0.976 bits per heavy atom. The number of pyridine rings is 1. The standard InChI is InChI=1S/C25H19Cl2F3N4O7/c26-13-4-1-5-14(27)21(13)24(39)31-15-6-3-11-33-16(22(25(28,29)30)32-23(15)33)12-40-19(37)7-2-8-20(38)41-34-17(35)9-10-18(34)36/h1,3-6,11H,2,7-10,12H2,(H,31,39). The van der Waals surface area contributed by atoms with Gasteiger partial charge in [-0.1, -0.05) is 29.3 Å². The molecular weight excluding hydrogens is 596 g/mol. The highest BCUT2D eigenvalue weighted by atomic mass is 35.5. The van der Waals surface area contributed by atoms with Gasteiger partial charge in [0.15, 0.2) is 11.3 Å². The monoisotopic (exact) mass is 614 g/mol. The van der Waals surface area contributed by atoms with E-state index in [-0.39, 0.29) is 59.0 Å². The zero-order valence-electron chi connectivity index (χ0n) is 20.8. The van der Waals surface area contributed by atoms with Crippen LogP contribution in [0.15, 0.2) is 36.5 Å². The molecule has 3 aromatic rings. The van der Waals surface area contributed by atoms with E-state index in [0.29, 0.717) is 5.06 Å². The number of anilines is 1. The zero-order valence-corrected chi connectivity index (χ0v) is 22.3. The lowest BCUT2D eigenvalue weighted by Gasteiger charge is -2.12. The summed E-state index contributed by atoms with van der Waals surface area (Å²) in [6, 6.07) is 7.04. The number of carbonyl (C=O) groups is 5. The topological polar surface area (TPSA) is 136 Å². The maximum absolute atomic E-state index is 13.8. The average molecular weight is 615 g/mol. The number of carbonyl (C=O) groups excluding carboxylic acids is 5. The number of nitrogens with one attached hydrogen (secondary N) is 1. The van der Waals surface area contributed by atoms with Crippen LogP contribution in [0.1, 0.15) is 53.8 Å². The first-order valence-electron chi connectivity index (χ1n) is 11.9. The molecule has 0 bridgehead atoms. The SMILES string of the molecule is O=C(CCCC(=O)ON1C(=O)CCC1=O)OCc1c(C(F)(F)F)nc2c(NC(=O)c3c(Cl)cccc3Cl)cccn12. The van der Waals surface area contributed by atoms with E-state index in [1.165, 1.54) is 36.5 Å². The molecule has 16 heteroatoms. The highest BCUT2D eigenvalue weighted by molar-refractivity contribution is 6.40. The third-order valence-corrected chi connectivity index (χ3v) is 6.42. The zero-order chi connectivity index (χ0) is 29.9. The largest absolute Gasteiger partial charge is 0.459 e. The maximum atomic E-state index is 13.8. The highest BCUT2D eigenvalue weighted by Gasteiger charge is 2.39. The number of rotatable bonds is 9. The molecular formula is C25H19Cl2F3N4O7. The van der Waals surface area contributed by atoms with Gasteiger partial charge in [0.1, 0.15) is 6.61 Å². The highest BCUT2D eigenvalue weighted by Crippen LogP contribution is 2.34. The third-order valence-electron chi connectivity index (χ3n) is 5.79. The molecule has 2 aromatic heterocycles. The van der Waals surface area contributed by atoms with Crippen molar-refractivity contribution in [3.05, 3.63) is 63.5 Å². The Hall–Kier alpha value is -4.17. The Bertz CT molecular complexity index is 1520. The minimum absolute atomic E-state index is 0.0279. The third kappa shape index (κ3) is 6.77. The Morgan fingerprint density at radius 3 is 2.24 bits per heavy atom. The van der Waals surface area contributed by atoms with Crippen molar-refractivity contribution in [1.29, 1.82) is 0 Å². The van der Waals surface area contributed by atoms with E-state index in [9.17, 15) is 37.1 Å². The predicted octanol–water partition coefficient (Wildman–Crippen LogP) is 4.73. The van der Waals surface area contributed by atoms with Gasteiger partial charge in [-0.3, -0.25) is 23.6 Å². The summed E-state index contributed by atoms with van der Waals surface area (Å²) in [4.78, 5) is 68.2. The molecule has 0 aliphatic carbocycles. The minimum atomic E-state index is -4.94. The molecule has 0 spiro atoms. The van der Waals surface area contributed by atoms with E-state index in [0.717, 1.165) is 4.40 Å². The van der Waals surface area contributed by atoms with Crippen molar-refractivity contribution in [2.75, 3.05) is 5.32 Å². The quantitative estimate of drug-likeness (QED) is 0.270. The molecule has 1 N–H and O–H groups in total. The number of hydrogen-bond donors (Lipinski definition) is 1. The molecule has 216 valence electrons. The summed E-state index contributed by atoms with van der Waals surface area (Å²) >= 11 is 12.1. The van der Waals surface area contributed by atoms with Crippen LogP contribution in [-0.2, 0) is 41.5 Å². The summed E-state index contributed by atoms with van der Waals surface area (Å²) in [6.45, 7) is -0.830. The van der Waals surface area contributed by atoms with Crippen molar-refractivity contribution in [3.63, 3.8) is 0 Å². The van der Waals surface area contributed by atoms with E-state index in [1.807, 2.05) is 0 Å². The minimum Gasteiger partial charge on any atom is -0.459 e. The molecule has 0 radical (unpaired) electrons. The molecule has 0 saturated carbocycles. The van der Waals surface area contributed by atoms with Crippen LogP contribution in [0.4, 0.5) is 18.9 Å². The number of esters is 1. The van der Waals surface area contributed by atoms with Crippen molar-refractivity contribution >= 4 is 64.2 Å². The molecule has 4 rings (SSSR count). The van der Waals surface area contributed by atoms with Crippen molar-refractivity contribution in [3.8, 4) is 0 Å². The van der Waals surface area contributed by atoms with Crippen LogP contribution in [0, 0.1) is 0 Å². The van der Waals surface area contributed by atoms with Gasteiger partial charge in [0.2, 0.25) is 0 Å². The summed E-state index contributed by atoms with van der Waals surface area (Å²) in [5.74, 6) is -3.96. The van der Waals surface area contributed by atoms with Crippen LogP contribution in [0.25, 0.3) is 5.65 Å². The van der Waals surface area contributed by atoms with Gasteiger partial charge in [-0.25, -0.2) is 9.78 Å². The fraction of sp³-hybridized carbons (Fsp3) is 0.280. The van der Waals surface area contributed by atoms with Crippen LogP contribution in [0.3, 0.4) is 0 Å². The predicted molar refractivity (Wildman–Crippen MR) is 135 cm³/mol. The van der Waals surface area contributed by atoms with E-state index in [2.05, 4.69) is 15.1 Å². The van der Waals surface area contributed by atoms with Gasteiger partial charge in [0.25, 0.3) is 17.7 Å². The van der Waals surface area contributed by atoms with Crippen LogP contribution in [0.2, 0.25) is 10.0 Å². The van der Waals surface area contributed by atoms with Crippen molar-refractivity contribution in [2.45, 2.75) is 44.9 Å². The number of nitrogens with zero attached hydrogens (tertiary/aromatic N) is 3. The number of alkyl halides is 3. The average Bonchev–Trinajstić information content (AvgIpc) is 3.43. The molecule has 1 aliphatic rings. The Balaban J connectivity index is 1.44. The summed E-state index contributed by atoms with van der Waals surface area (Å²) in [5.41, 5.74) is -2.32. The summed E-state index contributed by atoms with van der Waals surface area (Å²) in [7, 11) is 0. The number of ether oxygens (including phenoxy) is 1. The van der Waals surface area contributed by atoms with Crippen LogP contribution < -0.4 is 5.32 Å². The molecule has 0 unspecified atom stereocenters. The summed E-state index contributed by atoms with van der Waals surface area (Å²) < 4.78 is 47.6. The second-order valence-electron chi connectivity index (χ2n) is 8.63. The smallest absolute Gasteiger partial charge is 0.435 e. The van der Waals surface area contributed by atoms with Gasteiger partial charge < -0.3 is 14.9 Å². The number of halogens is 5. The fourth-order valence-electron chi connectivity index (χ4n) is 3.88. The van der Waals surface area contributed by atoms with Crippen molar-refractivity contribution in [1.82, 2.24) is 14.4 Å². The second-order valence-corrected chi connectivity index (χ2v) is 9.44. The number of imide groups is 1. The van der Waals surface area contributed by atoms with Gasteiger partial charge in [0.05, 0.1) is 27.0 Å². The number of benzene rings is 1. The van der Waals surface area contributed by atoms with Crippen LogP contribution in [-0.4, -0.2) is 44.1 Å². The Labute approximate surface area is 239 Å². The number of amides is 3. The molecule has 1 saturated heterocycles. The maximum Gasteiger partial charge on any atom is 0.435 e. The van der Waals surface area contributed by atoms with E-state index < -0.39 is 53.8 Å². The van der Waals surface area contributed by atoms with E-state index in [4.69, 9.17) is 27.9 Å². The lowest BCUT2D eigenvalue weighted by molar-refractivity contribution is -0.197. The van der Waals surface area contributed by atoms with Gasteiger partial charge in [0, 0.05) is 31.9 Å².